The second-order valence-electron chi connectivity index (χ2n) is 6.28. The number of nitrogens with zero attached hydrogens (tertiary/aromatic N) is 1. The predicted octanol–water partition coefficient (Wildman–Crippen LogP) is 4.07. The van der Waals surface area contributed by atoms with Crippen molar-refractivity contribution < 1.29 is 4.74 Å². The molecule has 114 valence electrons. The average molecular weight is 286 g/mol. The summed E-state index contributed by atoms with van der Waals surface area (Å²) in [6.07, 6.45) is 5.51. The predicted molar refractivity (Wildman–Crippen MR) is 85.1 cm³/mol. The average Bonchev–Trinajstić information content (AvgIpc) is 2.51. The number of hydrogen-bond donors (Lipinski definition) is 1. The summed E-state index contributed by atoms with van der Waals surface area (Å²) in [5.41, 5.74) is 1.27. The fourth-order valence-electron chi connectivity index (χ4n) is 3.17. The van der Waals surface area contributed by atoms with Gasteiger partial charge in [0.2, 0.25) is 0 Å². The zero-order chi connectivity index (χ0) is 15.1. The van der Waals surface area contributed by atoms with Crippen molar-refractivity contribution in [3.05, 3.63) is 29.8 Å². The lowest BCUT2D eigenvalue weighted by atomic mass is 9.82. The van der Waals surface area contributed by atoms with Crippen LogP contribution in [0, 0.1) is 23.2 Å². The molecular formula is C18H26N2O. The van der Waals surface area contributed by atoms with Crippen LogP contribution in [0.5, 0.6) is 5.75 Å². The van der Waals surface area contributed by atoms with E-state index in [9.17, 15) is 0 Å². The van der Waals surface area contributed by atoms with Gasteiger partial charge in [-0.25, -0.2) is 0 Å². The first-order chi connectivity index (χ1) is 10.2. The number of ether oxygens (including phenoxy) is 1. The summed E-state index contributed by atoms with van der Waals surface area (Å²) in [5, 5.41) is 12.2. The maximum Gasteiger partial charge on any atom is 0.174 e. The molecule has 1 aromatic carbocycles. The van der Waals surface area contributed by atoms with E-state index in [0.29, 0.717) is 6.04 Å². The molecule has 0 saturated heterocycles. The SMILES string of the molecule is CC1CCCC(CNC(C)c2ccc(OCC#N)cc2)C1. The summed E-state index contributed by atoms with van der Waals surface area (Å²) in [5.74, 6) is 2.47. The van der Waals surface area contributed by atoms with Crippen LogP contribution in [0.4, 0.5) is 0 Å². The highest BCUT2D eigenvalue weighted by Crippen LogP contribution is 2.28. The Kier molecular flexibility index (Phi) is 6.07. The molecule has 3 nitrogen and oxygen atoms in total. The highest BCUT2D eigenvalue weighted by atomic mass is 16.5. The van der Waals surface area contributed by atoms with E-state index in [-0.39, 0.29) is 6.61 Å². The van der Waals surface area contributed by atoms with Crippen molar-refractivity contribution in [3.63, 3.8) is 0 Å². The smallest absolute Gasteiger partial charge is 0.174 e. The van der Waals surface area contributed by atoms with Crippen molar-refractivity contribution in [2.45, 2.75) is 45.6 Å². The molecule has 2 rings (SSSR count). The molecule has 1 aliphatic carbocycles. The standard InChI is InChI=1S/C18H26N2O/c1-14-4-3-5-16(12-14)13-20-15(2)17-6-8-18(9-7-17)21-11-10-19/h6-9,14-16,20H,3-5,11-13H2,1-2H3. The van der Waals surface area contributed by atoms with Crippen LogP contribution in [-0.2, 0) is 0 Å². The first kappa shape index (κ1) is 15.9. The fourth-order valence-corrected chi connectivity index (χ4v) is 3.17. The maximum absolute atomic E-state index is 8.50. The molecule has 0 amide bonds. The lowest BCUT2D eigenvalue weighted by Crippen LogP contribution is -2.28. The summed E-state index contributed by atoms with van der Waals surface area (Å²) in [6.45, 7) is 5.79. The van der Waals surface area contributed by atoms with Crippen LogP contribution in [-0.4, -0.2) is 13.2 Å². The van der Waals surface area contributed by atoms with Crippen LogP contribution in [0.3, 0.4) is 0 Å². The van der Waals surface area contributed by atoms with E-state index < -0.39 is 0 Å². The molecule has 3 atom stereocenters. The van der Waals surface area contributed by atoms with Gasteiger partial charge in [0.05, 0.1) is 0 Å². The molecule has 1 aromatic rings. The van der Waals surface area contributed by atoms with Crippen molar-refractivity contribution in [2.24, 2.45) is 11.8 Å². The molecule has 0 aliphatic heterocycles. The van der Waals surface area contributed by atoms with E-state index >= 15 is 0 Å². The minimum absolute atomic E-state index is 0.104. The van der Waals surface area contributed by atoms with Gasteiger partial charge in [0.1, 0.15) is 11.8 Å². The molecule has 0 heterocycles. The van der Waals surface area contributed by atoms with E-state index in [4.69, 9.17) is 10.00 Å². The van der Waals surface area contributed by atoms with Crippen LogP contribution in [0.1, 0.15) is 51.1 Å². The van der Waals surface area contributed by atoms with Gasteiger partial charge >= 0.3 is 0 Å². The molecule has 21 heavy (non-hydrogen) atoms. The van der Waals surface area contributed by atoms with Crippen molar-refractivity contribution >= 4 is 0 Å². The van der Waals surface area contributed by atoms with E-state index in [1.165, 1.54) is 31.2 Å². The summed E-state index contributed by atoms with van der Waals surface area (Å²) < 4.78 is 5.28. The van der Waals surface area contributed by atoms with Gasteiger partial charge in [0.15, 0.2) is 6.61 Å². The lowest BCUT2D eigenvalue weighted by Gasteiger charge is -2.28. The van der Waals surface area contributed by atoms with Gasteiger partial charge in [-0.15, -0.1) is 0 Å². The third-order valence-electron chi connectivity index (χ3n) is 4.44. The molecule has 1 saturated carbocycles. The highest BCUT2D eigenvalue weighted by Gasteiger charge is 2.19. The molecule has 0 spiro atoms. The first-order valence-electron chi connectivity index (χ1n) is 8.02. The van der Waals surface area contributed by atoms with Gasteiger partial charge < -0.3 is 10.1 Å². The molecule has 1 fully saturated rings. The number of nitriles is 1. The summed E-state index contributed by atoms with van der Waals surface area (Å²) in [7, 11) is 0. The fraction of sp³-hybridized carbons (Fsp3) is 0.611. The molecule has 0 bridgehead atoms. The molecule has 3 unspecified atom stereocenters. The Morgan fingerprint density at radius 1 is 1.33 bits per heavy atom. The van der Waals surface area contributed by atoms with Gasteiger partial charge in [-0.1, -0.05) is 31.9 Å². The normalized spacial score (nSPS) is 23.3. The van der Waals surface area contributed by atoms with Gasteiger partial charge in [-0.2, -0.15) is 5.26 Å². The number of hydrogen-bond acceptors (Lipinski definition) is 3. The lowest BCUT2D eigenvalue weighted by molar-refractivity contribution is 0.268. The Bertz CT molecular complexity index is 463. The van der Waals surface area contributed by atoms with Gasteiger partial charge in [0.25, 0.3) is 0 Å². The molecule has 3 heteroatoms. The van der Waals surface area contributed by atoms with Gasteiger partial charge in [0, 0.05) is 6.04 Å². The molecule has 0 radical (unpaired) electrons. The van der Waals surface area contributed by atoms with Gasteiger partial charge in [-0.3, -0.25) is 0 Å². The monoisotopic (exact) mass is 286 g/mol. The summed E-state index contributed by atoms with van der Waals surface area (Å²) in [4.78, 5) is 0. The van der Waals surface area contributed by atoms with Crippen LogP contribution >= 0.6 is 0 Å². The van der Waals surface area contributed by atoms with E-state index in [1.54, 1.807) is 0 Å². The minimum Gasteiger partial charge on any atom is -0.479 e. The Morgan fingerprint density at radius 3 is 2.76 bits per heavy atom. The van der Waals surface area contributed by atoms with Crippen molar-refractivity contribution in [1.29, 1.82) is 5.26 Å². The Balaban J connectivity index is 1.79. The van der Waals surface area contributed by atoms with Crippen LogP contribution in [0.25, 0.3) is 0 Å². The topological polar surface area (TPSA) is 45.0 Å². The van der Waals surface area contributed by atoms with E-state index in [1.807, 2.05) is 18.2 Å². The Morgan fingerprint density at radius 2 is 2.10 bits per heavy atom. The van der Waals surface area contributed by atoms with Crippen molar-refractivity contribution in [2.75, 3.05) is 13.2 Å². The highest BCUT2D eigenvalue weighted by molar-refractivity contribution is 5.29. The maximum atomic E-state index is 8.50. The molecule has 1 N–H and O–H groups in total. The second kappa shape index (κ2) is 8.05. The largest absolute Gasteiger partial charge is 0.479 e. The number of rotatable bonds is 6. The third kappa shape index (κ3) is 5.06. The minimum atomic E-state index is 0.104. The van der Waals surface area contributed by atoms with E-state index in [0.717, 1.165) is 24.1 Å². The van der Waals surface area contributed by atoms with Crippen LogP contribution in [0.15, 0.2) is 24.3 Å². The third-order valence-corrected chi connectivity index (χ3v) is 4.44. The number of benzene rings is 1. The second-order valence-corrected chi connectivity index (χ2v) is 6.28. The zero-order valence-electron chi connectivity index (χ0n) is 13.1. The Hall–Kier alpha value is -1.53. The zero-order valence-corrected chi connectivity index (χ0v) is 13.1. The quantitative estimate of drug-likeness (QED) is 0.857. The summed E-state index contributed by atoms with van der Waals surface area (Å²) in [6, 6.07) is 10.4. The first-order valence-corrected chi connectivity index (χ1v) is 8.02. The molecule has 1 aliphatic rings. The van der Waals surface area contributed by atoms with Crippen LogP contribution < -0.4 is 10.1 Å². The molecular weight excluding hydrogens is 260 g/mol. The molecule has 0 aromatic heterocycles. The van der Waals surface area contributed by atoms with E-state index in [2.05, 4.69) is 31.3 Å². The van der Waals surface area contributed by atoms with Crippen molar-refractivity contribution in [1.82, 2.24) is 5.32 Å². The number of nitrogens with one attached hydrogen (secondary N) is 1. The van der Waals surface area contributed by atoms with Crippen molar-refractivity contribution in [3.8, 4) is 11.8 Å². The van der Waals surface area contributed by atoms with Crippen LogP contribution in [0.2, 0.25) is 0 Å². The van der Waals surface area contributed by atoms with Gasteiger partial charge in [-0.05, 0) is 55.8 Å². The Labute approximate surface area is 128 Å². The summed E-state index contributed by atoms with van der Waals surface area (Å²) >= 11 is 0.